The molecule has 0 unspecified atom stereocenters. The third-order valence-electron chi connectivity index (χ3n) is 5.71. The third kappa shape index (κ3) is 4.27. The first-order valence-corrected chi connectivity index (χ1v) is 9.95. The topological polar surface area (TPSA) is 66.3 Å². The lowest BCUT2D eigenvalue weighted by Gasteiger charge is -2.32. The predicted octanol–water partition coefficient (Wildman–Crippen LogP) is 4.23. The van der Waals surface area contributed by atoms with Crippen molar-refractivity contribution >= 4 is 16.9 Å². The summed E-state index contributed by atoms with van der Waals surface area (Å²) in [4.78, 5) is 22.0. The van der Waals surface area contributed by atoms with Crippen LogP contribution in [0.25, 0.3) is 10.9 Å². The molecular weight excluding hydrogens is 369 g/mol. The number of aryl methyl sites for hydroxylation is 1. The van der Waals surface area contributed by atoms with Crippen LogP contribution in [0.1, 0.15) is 40.2 Å². The fourth-order valence-corrected chi connectivity index (χ4v) is 4.25. The van der Waals surface area contributed by atoms with Crippen LogP contribution in [0.3, 0.4) is 0 Å². The van der Waals surface area contributed by atoms with Gasteiger partial charge in [0.2, 0.25) is 0 Å². The van der Waals surface area contributed by atoms with Crippen molar-refractivity contribution in [2.45, 2.75) is 32.7 Å². The van der Waals surface area contributed by atoms with Crippen LogP contribution in [0, 0.1) is 18.7 Å². The van der Waals surface area contributed by atoms with Crippen LogP contribution >= 0.6 is 0 Å². The molecule has 0 radical (unpaired) electrons. The lowest BCUT2D eigenvalue weighted by atomic mass is 9.88. The summed E-state index contributed by atoms with van der Waals surface area (Å²) in [5.74, 6) is -0.733. The minimum Gasteiger partial charge on any atom is -0.477 e. The molecule has 0 atom stereocenters. The number of fused-ring (bicyclic) bond motifs is 1. The molecule has 150 valence electrons. The second-order valence-corrected chi connectivity index (χ2v) is 7.80. The van der Waals surface area contributed by atoms with Gasteiger partial charge in [-0.3, -0.25) is 9.88 Å². The van der Waals surface area contributed by atoms with Gasteiger partial charge in [0, 0.05) is 23.8 Å². The first-order chi connectivity index (χ1) is 14.0. The van der Waals surface area contributed by atoms with E-state index in [2.05, 4.69) is 20.9 Å². The molecule has 3 heterocycles. The first-order valence-electron chi connectivity index (χ1n) is 9.95. The van der Waals surface area contributed by atoms with Gasteiger partial charge < -0.3 is 5.11 Å². The number of hydrogen-bond acceptors (Lipinski definition) is 4. The molecule has 4 rings (SSSR count). The van der Waals surface area contributed by atoms with Gasteiger partial charge in [-0.05, 0) is 74.5 Å². The molecule has 1 aliphatic rings. The SMILES string of the molecule is Cc1cc(CC2CCN(Cc3cccnc3C(=O)O)CC2)c2cccc(F)c2n1. The van der Waals surface area contributed by atoms with Crippen molar-refractivity contribution in [1.82, 2.24) is 14.9 Å². The van der Waals surface area contributed by atoms with Crippen LogP contribution in [0.4, 0.5) is 4.39 Å². The van der Waals surface area contributed by atoms with Crippen molar-refractivity contribution in [2.24, 2.45) is 5.92 Å². The number of aromatic carboxylic acids is 1. The van der Waals surface area contributed by atoms with E-state index in [-0.39, 0.29) is 11.5 Å². The second-order valence-electron chi connectivity index (χ2n) is 7.80. The number of pyridine rings is 2. The molecule has 2 aromatic heterocycles. The molecule has 3 aromatic rings. The maximum Gasteiger partial charge on any atom is 0.354 e. The van der Waals surface area contributed by atoms with Crippen LogP contribution in [0.5, 0.6) is 0 Å². The van der Waals surface area contributed by atoms with Crippen molar-refractivity contribution in [3.05, 3.63) is 70.9 Å². The Morgan fingerprint density at radius 2 is 2.00 bits per heavy atom. The van der Waals surface area contributed by atoms with E-state index in [0.717, 1.165) is 54.6 Å². The van der Waals surface area contributed by atoms with Crippen molar-refractivity contribution < 1.29 is 14.3 Å². The fraction of sp³-hybridized carbons (Fsp3) is 0.348. The molecule has 6 heteroatoms. The van der Waals surface area contributed by atoms with E-state index < -0.39 is 5.97 Å². The molecule has 1 N–H and O–H groups in total. The highest BCUT2D eigenvalue weighted by molar-refractivity contribution is 5.87. The molecule has 1 aromatic carbocycles. The Hall–Kier alpha value is -2.86. The standard InChI is InChI=1S/C23H24FN3O2/c1-15-12-18(19-5-2-6-20(24)22(19)26-15)13-16-7-10-27(11-8-16)14-17-4-3-9-25-21(17)23(28)29/h2-6,9,12,16H,7-8,10-11,13-14H2,1H3,(H,28,29). The zero-order valence-corrected chi connectivity index (χ0v) is 16.4. The lowest BCUT2D eigenvalue weighted by molar-refractivity contribution is 0.0687. The molecule has 0 aliphatic carbocycles. The van der Waals surface area contributed by atoms with Crippen LogP contribution in [0.15, 0.2) is 42.6 Å². The normalized spacial score (nSPS) is 15.7. The first kappa shape index (κ1) is 19.5. The molecule has 0 saturated carbocycles. The number of nitrogens with zero attached hydrogens (tertiary/aromatic N) is 3. The fourth-order valence-electron chi connectivity index (χ4n) is 4.25. The monoisotopic (exact) mass is 393 g/mol. The summed E-state index contributed by atoms with van der Waals surface area (Å²) in [7, 11) is 0. The second kappa shape index (κ2) is 8.25. The van der Waals surface area contributed by atoms with Crippen molar-refractivity contribution in [3.63, 3.8) is 0 Å². The largest absolute Gasteiger partial charge is 0.477 e. The van der Waals surface area contributed by atoms with Gasteiger partial charge in [-0.1, -0.05) is 18.2 Å². The number of para-hydroxylation sites is 1. The minimum absolute atomic E-state index is 0.135. The number of halogens is 1. The number of carboxylic acid groups (broad SMARTS) is 1. The van der Waals surface area contributed by atoms with Gasteiger partial charge in [0.15, 0.2) is 5.69 Å². The van der Waals surface area contributed by atoms with Gasteiger partial charge in [0.05, 0.1) is 0 Å². The Labute approximate surface area is 169 Å². The van der Waals surface area contributed by atoms with Gasteiger partial charge >= 0.3 is 5.97 Å². The lowest BCUT2D eigenvalue weighted by Crippen LogP contribution is -2.34. The number of aromatic nitrogens is 2. The number of hydrogen-bond donors (Lipinski definition) is 1. The van der Waals surface area contributed by atoms with E-state index in [1.807, 2.05) is 19.1 Å². The third-order valence-corrected chi connectivity index (χ3v) is 5.71. The number of benzene rings is 1. The molecule has 0 amide bonds. The van der Waals surface area contributed by atoms with E-state index in [1.165, 1.54) is 12.3 Å². The van der Waals surface area contributed by atoms with Gasteiger partial charge in [-0.15, -0.1) is 0 Å². The molecule has 1 aliphatic heterocycles. The highest BCUT2D eigenvalue weighted by Gasteiger charge is 2.22. The summed E-state index contributed by atoms with van der Waals surface area (Å²) < 4.78 is 14.2. The molecule has 1 saturated heterocycles. The highest BCUT2D eigenvalue weighted by atomic mass is 19.1. The summed E-state index contributed by atoms with van der Waals surface area (Å²) >= 11 is 0. The Kier molecular flexibility index (Phi) is 5.53. The van der Waals surface area contributed by atoms with Crippen molar-refractivity contribution in [2.75, 3.05) is 13.1 Å². The zero-order valence-electron chi connectivity index (χ0n) is 16.4. The van der Waals surface area contributed by atoms with E-state index in [1.54, 1.807) is 12.1 Å². The van der Waals surface area contributed by atoms with Crippen LogP contribution in [-0.4, -0.2) is 39.0 Å². The summed E-state index contributed by atoms with van der Waals surface area (Å²) in [6.45, 7) is 4.33. The summed E-state index contributed by atoms with van der Waals surface area (Å²) in [6.07, 6.45) is 4.48. The molecule has 0 spiro atoms. The molecule has 1 fully saturated rings. The Balaban J connectivity index is 1.43. The zero-order chi connectivity index (χ0) is 20.4. The van der Waals surface area contributed by atoms with E-state index >= 15 is 0 Å². The predicted molar refractivity (Wildman–Crippen MR) is 109 cm³/mol. The van der Waals surface area contributed by atoms with Crippen LogP contribution in [0.2, 0.25) is 0 Å². The Morgan fingerprint density at radius 1 is 1.21 bits per heavy atom. The van der Waals surface area contributed by atoms with Gasteiger partial charge in [-0.25, -0.2) is 14.2 Å². The summed E-state index contributed by atoms with van der Waals surface area (Å²) in [6, 6.07) is 10.8. The van der Waals surface area contributed by atoms with E-state index in [9.17, 15) is 14.3 Å². The van der Waals surface area contributed by atoms with Gasteiger partial charge in [-0.2, -0.15) is 0 Å². The maximum absolute atomic E-state index is 14.2. The molecule has 29 heavy (non-hydrogen) atoms. The average Bonchev–Trinajstić information content (AvgIpc) is 2.70. The van der Waals surface area contributed by atoms with Gasteiger partial charge in [0.25, 0.3) is 0 Å². The Bertz CT molecular complexity index is 1050. The van der Waals surface area contributed by atoms with Gasteiger partial charge in [0.1, 0.15) is 11.3 Å². The number of rotatable bonds is 5. The van der Waals surface area contributed by atoms with E-state index in [4.69, 9.17) is 0 Å². The van der Waals surface area contributed by atoms with E-state index in [0.29, 0.717) is 18.0 Å². The summed E-state index contributed by atoms with van der Waals surface area (Å²) in [5.41, 5.74) is 3.34. The Morgan fingerprint density at radius 3 is 2.76 bits per heavy atom. The highest BCUT2D eigenvalue weighted by Crippen LogP contribution is 2.28. The number of carbonyl (C=O) groups is 1. The minimum atomic E-state index is -0.984. The van der Waals surface area contributed by atoms with Crippen LogP contribution in [-0.2, 0) is 13.0 Å². The average molecular weight is 393 g/mol. The molecular formula is C23H24FN3O2. The molecule has 0 bridgehead atoms. The number of piperidine rings is 1. The van der Waals surface area contributed by atoms with Crippen molar-refractivity contribution in [1.29, 1.82) is 0 Å². The van der Waals surface area contributed by atoms with Crippen molar-refractivity contribution in [3.8, 4) is 0 Å². The quantitative estimate of drug-likeness (QED) is 0.703. The molecule has 5 nitrogen and oxygen atoms in total. The summed E-state index contributed by atoms with van der Waals surface area (Å²) in [5, 5.41) is 10.2. The maximum atomic E-state index is 14.2. The number of likely N-dealkylation sites (tertiary alicyclic amines) is 1. The smallest absolute Gasteiger partial charge is 0.354 e. The number of carboxylic acids is 1. The van der Waals surface area contributed by atoms with Crippen LogP contribution < -0.4 is 0 Å².